The first-order valence-corrected chi connectivity index (χ1v) is 9.36. The van der Waals surface area contributed by atoms with Crippen LogP contribution in [0.5, 0.6) is 0 Å². The molecule has 134 valence electrons. The second-order valence-corrected chi connectivity index (χ2v) is 8.56. The van der Waals surface area contributed by atoms with Gasteiger partial charge in [-0.3, -0.25) is 4.79 Å². The van der Waals surface area contributed by atoms with E-state index in [2.05, 4.69) is 30.7 Å². The molecule has 0 radical (unpaired) electrons. The number of nitriles is 2. The fourth-order valence-electron chi connectivity index (χ4n) is 5.48. The van der Waals surface area contributed by atoms with Crippen molar-refractivity contribution in [3.05, 3.63) is 22.8 Å². The summed E-state index contributed by atoms with van der Waals surface area (Å²) in [6.45, 7) is 7.97. The van der Waals surface area contributed by atoms with Crippen LogP contribution in [0.1, 0.15) is 75.7 Å². The van der Waals surface area contributed by atoms with E-state index >= 15 is 0 Å². The van der Waals surface area contributed by atoms with Gasteiger partial charge in [0.25, 0.3) is 0 Å². The molecule has 2 heterocycles. The molecule has 1 saturated carbocycles. The van der Waals surface area contributed by atoms with Gasteiger partial charge in [-0.2, -0.15) is 10.5 Å². The molecule has 6 nitrogen and oxygen atoms in total. The zero-order chi connectivity index (χ0) is 18.7. The van der Waals surface area contributed by atoms with Gasteiger partial charge in [-0.1, -0.05) is 20.8 Å². The highest BCUT2D eigenvalue weighted by atomic mass is 16.2. The summed E-state index contributed by atoms with van der Waals surface area (Å²) < 4.78 is 0. The van der Waals surface area contributed by atoms with Crippen LogP contribution in [0, 0.1) is 28.1 Å². The first kappa shape index (κ1) is 17.0. The molecule has 0 aromatic carbocycles. The molecule has 1 aliphatic heterocycles. The minimum absolute atomic E-state index is 0.0315. The molecule has 2 unspecified atom stereocenters. The molecule has 2 fully saturated rings. The third-order valence-corrected chi connectivity index (χ3v) is 7.49. The minimum Gasteiger partial charge on any atom is -0.342 e. The fraction of sp³-hybridized carbons (Fsp3) is 0.650. The molecule has 6 heteroatoms. The molecule has 1 amide bonds. The summed E-state index contributed by atoms with van der Waals surface area (Å²) in [7, 11) is 0. The summed E-state index contributed by atoms with van der Waals surface area (Å²) >= 11 is 0. The fourth-order valence-corrected chi connectivity index (χ4v) is 5.48. The van der Waals surface area contributed by atoms with Gasteiger partial charge in [-0.05, 0) is 37.5 Å². The SMILES string of the molecule is CC12CCC(C(=O)N3CCCCC3)(c3nc(C#N)c(C#N)nc31)C2(C)C. The predicted molar refractivity (Wildman–Crippen MR) is 93.9 cm³/mol. The highest BCUT2D eigenvalue weighted by Gasteiger charge is 2.73. The standard InChI is InChI=1S/C20H23N5O/c1-18(2)19(3)7-8-20(18,17(26)25-9-5-4-6-10-25)16-15(19)23-13(11-21)14(12-22)24-16/h4-10H2,1-3H3. The Balaban J connectivity index is 1.95. The van der Waals surface area contributed by atoms with Crippen LogP contribution >= 0.6 is 0 Å². The molecule has 2 atom stereocenters. The number of hydrogen-bond donors (Lipinski definition) is 0. The first-order valence-electron chi connectivity index (χ1n) is 9.36. The van der Waals surface area contributed by atoms with Gasteiger partial charge in [-0.15, -0.1) is 0 Å². The van der Waals surface area contributed by atoms with Gasteiger partial charge in [0.05, 0.1) is 16.8 Å². The molecule has 2 aliphatic carbocycles. The Morgan fingerprint density at radius 2 is 1.54 bits per heavy atom. The van der Waals surface area contributed by atoms with Crippen LogP contribution in [-0.2, 0) is 15.6 Å². The topological polar surface area (TPSA) is 93.7 Å². The maximum Gasteiger partial charge on any atom is 0.235 e. The number of fused-ring (bicyclic) bond motifs is 5. The highest BCUT2D eigenvalue weighted by molar-refractivity contribution is 5.92. The lowest BCUT2D eigenvalue weighted by Gasteiger charge is -2.43. The van der Waals surface area contributed by atoms with Crippen LogP contribution < -0.4 is 0 Å². The van der Waals surface area contributed by atoms with Crippen LogP contribution in [0.4, 0.5) is 0 Å². The zero-order valence-corrected chi connectivity index (χ0v) is 15.6. The molecule has 0 N–H and O–H groups in total. The first-order chi connectivity index (χ1) is 12.3. The Bertz CT molecular complexity index is 887. The molecule has 3 aliphatic rings. The monoisotopic (exact) mass is 349 g/mol. The number of carbonyl (C=O) groups is 1. The van der Waals surface area contributed by atoms with Crippen molar-refractivity contribution in [2.24, 2.45) is 5.41 Å². The van der Waals surface area contributed by atoms with Crippen LogP contribution in [-0.4, -0.2) is 33.9 Å². The number of piperidine rings is 1. The van der Waals surface area contributed by atoms with Gasteiger partial charge >= 0.3 is 0 Å². The van der Waals surface area contributed by atoms with Crippen LogP contribution in [0.15, 0.2) is 0 Å². The summed E-state index contributed by atoms with van der Waals surface area (Å²) in [5.74, 6) is 0.132. The van der Waals surface area contributed by atoms with E-state index in [1.165, 1.54) is 6.42 Å². The van der Waals surface area contributed by atoms with Gasteiger partial charge in [-0.25, -0.2) is 9.97 Å². The molecular weight excluding hydrogens is 326 g/mol. The van der Waals surface area contributed by atoms with E-state index in [4.69, 9.17) is 0 Å². The zero-order valence-electron chi connectivity index (χ0n) is 15.6. The summed E-state index contributed by atoms with van der Waals surface area (Å²) in [5, 5.41) is 18.8. The van der Waals surface area contributed by atoms with Gasteiger partial charge in [0.15, 0.2) is 11.4 Å². The number of rotatable bonds is 1. The lowest BCUT2D eigenvalue weighted by molar-refractivity contribution is -0.142. The summed E-state index contributed by atoms with van der Waals surface area (Å²) in [6, 6.07) is 3.98. The second kappa shape index (κ2) is 5.27. The van der Waals surface area contributed by atoms with E-state index in [9.17, 15) is 15.3 Å². The molecule has 26 heavy (non-hydrogen) atoms. The average molecular weight is 349 g/mol. The second-order valence-electron chi connectivity index (χ2n) is 8.56. The number of likely N-dealkylation sites (tertiary alicyclic amines) is 1. The van der Waals surface area contributed by atoms with E-state index in [1.54, 1.807) is 0 Å². The molecule has 1 aromatic rings. The van der Waals surface area contributed by atoms with E-state index in [0.29, 0.717) is 5.69 Å². The molecule has 0 spiro atoms. The van der Waals surface area contributed by atoms with E-state index < -0.39 is 5.41 Å². The van der Waals surface area contributed by atoms with Crippen molar-refractivity contribution in [2.75, 3.05) is 13.1 Å². The van der Waals surface area contributed by atoms with E-state index in [-0.39, 0.29) is 28.1 Å². The van der Waals surface area contributed by atoms with Crippen molar-refractivity contribution >= 4 is 5.91 Å². The maximum atomic E-state index is 13.8. The molecular formula is C20H23N5O. The third-order valence-electron chi connectivity index (χ3n) is 7.49. The summed E-state index contributed by atoms with van der Waals surface area (Å²) in [4.78, 5) is 24.9. The van der Waals surface area contributed by atoms with E-state index in [0.717, 1.165) is 44.5 Å². The lowest BCUT2D eigenvalue weighted by atomic mass is 9.63. The van der Waals surface area contributed by atoms with Crippen molar-refractivity contribution in [1.82, 2.24) is 14.9 Å². The third kappa shape index (κ3) is 1.72. The van der Waals surface area contributed by atoms with Crippen LogP contribution in [0.25, 0.3) is 0 Å². The predicted octanol–water partition coefficient (Wildman–Crippen LogP) is 2.56. The van der Waals surface area contributed by atoms with Crippen molar-refractivity contribution in [1.29, 1.82) is 10.5 Å². The van der Waals surface area contributed by atoms with E-state index in [1.807, 2.05) is 17.0 Å². The molecule has 2 bridgehead atoms. The Morgan fingerprint density at radius 3 is 2.12 bits per heavy atom. The number of carbonyl (C=O) groups excluding carboxylic acids is 1. The minimum atomic E-state index is -0.749. The van der Waals surface area contributed by atoms with Crippen molar-refractivity contribution in [3.63, 3.8) is 0 Å². The van der Waals surface area contributed by atoms with Crippen LogP contribution in [0.3, 0.4) is 0 Å². The largest absolute Gasteiger partial charge is 0.342 e. The quantitative estimate of drug-likeness (QED) is 0.776. The van der Waals surface area contributed by atoms with Crippen LogP contribution in [0.2, 0.25) is 0 Å². The average Bonchev–Trinajstić information content (AvgIpc) is 2.96. The Hall–Kier alpha value is -2.47. The highest BCUT2D eigenvalue weighted by Crippen LogP contribution is 2.70. The van der Waals surface area contributed by atoms with Gasteiger partial charge < -0.3 is 4.90 Å². The Kier molecular flexibility index (Phi) is 3.44. The Morgan fingerprint density at radius 1 is 0.962 bits per heavy atom. The van der Waals surface area contributed by atoms with Gasteiger partial charge in [0, 0.05) is 18.5 Å². The molecule has 4 rings (SSSR count). The van der Waals surface area contributed by atoms with Crippen molar-refractivity contribution in [2.45, 2.75) is 63.7 Å². The number of hydrogen-bond acceptors (Lipinski definition) is 5. The molecule has 1 saturated heterocycles. The number of aromatic nitrogens is 2. The van der Waals surface area contributed by atoms with Gasteiger partial charge in [0.2, 0.25) is 5.91 Å². The summed E-state index contributed by atoms with van der Waals surface area (Å²) in [5.41, 5.74) is 0.0522. The van der Waals surface area contributed by atoms with Crippen molar-refractivity contribution in [3.8, 4) is 12.1 Å². The van der Waals surface area contributed by atoms with Gasteiger partial charge in [0.1, 0.15) is 12.1 Å². The Labute approximate surface area is 153 Å². The lowest BCUT2D eigenvalue weighted by Crippen LogP contribution is -2.53. The number of amides is 1. The number of nitrogens with zero attached hydrogens (tertiary/aromatic N) is 5. The smallest absolute Gasteiger partial charge is 0.235 e. The summed E-state index contributed by atoms with van der Waals surface area (Å²) in [6.07, 6.45) is 4.81. The normalized spacial score (nSPS) is 31.2. The maximum absolute atomic E-state index is 13.8. The van der Waals surface area contributed by atoms with Crippen molar-refractivity contribution < 1.29 is 4.79 Å². The molecule has 1 aromatic heterocycles.